The van der Waals surface area contributed by atoms with E-state index in [1.54, 1.807) is 19.2 Å². The molecule has 3 rings (SSSR count). The van der Waals surface area contributed by atoms with E-state index >= 15 is 0 Å². The van der Waals surface area contributed by atoms with Gasteiger partial charge in [0.2, 0.25) is 5.82 Å². The fourth-order valence-corrected chi connectivity index (χ4v) is 2.03. The first-order chi connectivity index (χ1) is 10.8. The number of ether oxygens (including phenoxy) is 2. The van der Waals surface area contributed by atoms with Gasteiger partial charge in [-0.1, -0.05) is 28.9 Å². The van der Waals surface area contributed by atoms with Gasteiger partial charge in [-0.3, -0.25) is 0 Å². The highest BCUT2D eigenvalue weighted by Crippen LogP contribution is 2.26. The molecule has 0 amide bonds. The van der Waals surface area contributed by atoms with Crippen LogP contribution in [-0.2, 0) is 6.61 Å². The molecule has 0 N–H and O–H groups in total. The van der Waals surface area contributed by atoms with Gasteiger partial charge in [-0.05, 0) is 36.4 Å². The zero-order valence-electron chi connectivity index (χ0n) is 12.2. The lowest BCUT2D eigenvalue weighted by Gasteiger charge is -2.07. The minimum absolute atomic E-state index is 0. The molecule has 1 heterocycles. The molecule has 2 aromatic carbocycles. The van der Waals surface area contributed by atoms with Crippen molar-refractivity contribution in [2.75, 3.05) is 7.11 Å². The Labute approximate surface area is 144 Å². The van der Waals surface area contributed by atoms with Crippen molar-refractivity contribution >= 4 is 24.0 Å². The molecule has 0 atom stereocenters. The van der Waals surface area contributed by atoms with Crippen molar-refractivity contribution in [3.63, 3.8) is 0 Å². The van der Waals surface area contributed by atoms with E-state index in [0.717, 1.165) is 5.56 Å². The maximum atomic E-state index is 5.85. The molecule has 23 heavy (non-hydrogen) atoms. The van der Waals surface area contributed by atoms with E-state index in [2.05, 4.69) is 10.1 Å². The second-order valence-electron chi connectivity index (χ2n) is 4.46. The van der Waals surface area contributed by atoms with Gasteiger partial charge in [0.1, 0.15) is 0 Å². The van der Waals surface area contributed by atoms with Crippen molar-refractivity contribution in [3.8, 4) is 22.9 Å². The van der Waals surface area contributed by atoms with Crippen molar-refractivity contribution < 1.29 is 14.0 Å². The average Bonchev–Trinajstić information content (AvgIpc) is 3.03. The van der Waals surface area contributed by atoms with Crippen molar-refractivity contribution in [2.45, 2.75) is 6.61 Å². The van der Waals surface area contributed by atoms with Crippen LogP contribution in [0.3, 0.4) is 0 Å². The van der Waals surface area contributed by atoms with Gasteiger partial charge in [-0.25, -0.2) is 0 Å². The molecule has 1 aromatic heterocycles. The number of methoxy groups -OCH3 is 1. The van der Waals surface area contributed by atoms with Gasteiger partial charge in [-0.2, -0.15) is 4.98 Å². The normalized spacial score (nSPS) is 10.0. The smallest absolute Gasteiger partial charge is 0.264 e. The molecule has 0 radical (unpaired) electrons. The van der Waals surface area contributed by atoms with Gasteiger partial charge < -0.3 is 14.0 Å². The number of halogens is 2. The van der Waals surface area contributed by atoms with Crippen molar-refractivity contribution in [1.29, 1.82) is 0 Å². The molecule has 0 aliphatic rings. The van der Waals surface area contributed by atoms with E-state index in [0.29, 0.717) is 28.2 Å². The lowest BCUT2D eigenvalue weighted by molar-refractivity contribution is 0.233. The second-order valence-corrected chi connectivity index (χ2v) is 4.89. The Morgan fingerprint density at radius 2 is 1.74 bits per heavy atom. The monoisotopic (exact) mass is 352 g/mol. The fourth-order valence-electron chi connectivity index (χ4n) is 1.91. The molecule has 0 spiro atoms. The van der Waals surface area contributed by atoms with Crippen LogP contribution in [0, 0.1) is 0 Å². The average molecular weight is 353 g/mol. The molecule has 0 saturated carbocycles. The van der Waals surface area contributed by atoms with Crippen molar-refractivity contribution in [2.24, 2.45) is 0 Å². The van der Waals surface area contributed by atoms with Gasteiger partial charge >= 0.3 is 0 Å². The third kappa shape index (κ3) is 4.15. The molecule has 7 heteroatoms. The number of para-hydroxylation sites is 2. The summed E-state index contributed by atoms with van der Waals surface area (Å²) in [5.74, 6) is 2.15. The summed E-state index contributed by atoms with van der Waals surface area (Å²) >= 11 is 5.85. The van der Waals surface area contributed by atoms with Crippen LogP contribution < -0.4 is 9.47 Å². The number of hydrogen-bond donors (Lipinski definition) is 0. The van der Waals surface area contributed by atoms with Crippen LogP contribution >= 0.6 is 24.0 Å². The Morgan fingerprint density at radius 3 is 2.43 bits per heavy atom. The second kappa shape index (κ2) is 7.85. The molecule has 0 bridgehead atoms. The molecular formula is C16H14Cl2N2O3. The van der Waals surface area contributed by atoms with Gasteiger partial charge in [0.15, 0.2) is 18.1 Å². The molecule has 0 fully saturated rings. The largest absolute Gasteiger partial charge is 0.493 e. The summed E-state index contributed by atoms with van der Waals surface area (Å²) in [6, 6.07) is 14.6. The van der Waals surface area contributed by atoms with Crippen LogP contribution in [0.5, 0.6) is 11.5 Å². The van der Waals surface area contributed by atoms with E-state index < -0.39 is 0 Å². The van der Waals surface area contributed by atoms with E-state index in [9.17, 15) is 0 Å². The van der Waals surface area contributed by atoms with Gasteiger partial charge in [0, 0.05) is 10.6 Å². The Hall–Kier alpha value is -2.24. The predicted octanol–water partition coefficient (Wildman–Crippen LogP) is 4.40. The third-order valence-corrected chi connectivity index (χ3v) is 3.24. The van der Waals surface area contributed by atoms with Gasteiger partial charge in [-0.15, -0.1) is 12.4 Å². The predicted molar refractivity (Wildman–Crippen MR) is 89.3 cm³/mol. The van der Waals surface area contributed by atoms with Gasteiger partial charge in [0.05, 0.1) is 7.11 Å². The molecule has 0 aliphatic carbocycles. The van der Waals surface area contributed by atoms with Gasteiger partial charge in [0.25, 0.3) is 5.89 Å². The maximum absolute atomic E-state index is 5.85. The summed E-state index contributed by atoms with van der Waals surface area (Å²) in [6.45, 7) is 0.168. The first-order valence-corrected chi connectivity index (χ1v) is 6.98. The Morgan fingerprint density at radius 1 is 1.04 bits per heavy atom. The van der Waals surface area contributed by atoms with E-state index in [-0.39, 0.29) is 19.0 Å². The molecule has 3 aromatic rings. The Bertz CT molecular complexity index is 760. The fraction of sp³-hybridized carbons (Fsp3) is 0.125. The number of aromatic nitrogens is 2. The topological polar surface area (TPSA) is 57.4 Å². The first-order valence-electron chi connectivity index (χ1n) is 6.60. The molecular weight excluding hydrogens is 339 g/mol. The number of nitrogens with zero attached hydrogens (tertiary/aromatic N) is 2. The molecule has 0 aliphatic heterocycles. The molecule has 120 valence electrons. The summed E-state index contributed by atoms with van der Waals surface area (Å²) in [7, 11) is 1.59. The minimum Gasteiger partial charge on any atom is -0.493 e. The molecule has 0 saturated heterocycles. The summed E-state index contributed by atoms with van der Waals surface area (Å²) < 4.78 is 16.0. The van der Waals surface area contributed by atoms with E-state index in [1.165, 1.54) is 0 Å². The highest BCUT2D eigenvalue weighted by molar-refractivity contribution is 6.30. The Balaban J connectivity index is 0.00000192. The lowest BCUT2D eigenvalue weighted by Crippen LogP contribution is -1.97. The third-order valence-electron chi connectivity index (χ3n) is 2.99. The summed E-state index contributed by atoms with van der Waals surface area (Å²) in [4.78, 5) is 4.29. The summed E-state index contributed by atoms with van der Waals surface area (Å²) in [6.07, 6.45) is 0. The van der Waals surface area contributed by atoms with Crippen LogP contribution in [0.4, 0.5) is 0 Å². The zero-order valence-corrected chi connectivity index (χ0v) is 13.8. The van der Waals surface area contributed by atoms with Crippen molar-refractivity contribution in [1.82, 2.24) is 10.1 Å². The van der Waals surface area contributed by atoms with Crippen LogP contribution in [0.15, 0.2) is 53.1 Å². The molecule has 0 unspecified atom stereocenters. The lowest BCUT2D eigenvalue weighted by atomic mass is 10.2. The quantitative estimate of drug-likeness (QED) is 0.681. The summed E-state index contributed by atoms with van der Waals surface area (Å²) in [5.41, 5.74) is 0.830. The van der Waals surface area contributed by atoms with Crippen molar-refractivity contribution in [3.05, 3.63) is 59.4 Å². The zero-order chi connectivity index (χ0) is 15.4. The standard InChI is InChI=1S/C16H13ClN2O3.ClH/c1-20-13-4-2-3-5-14(13)21-10-15-18-16(19-22-15)11-6-8-12(17)9-7-11;/h2-9H,10H2,1H3;1H. The van der Waals surface area contributed by atoms with Crippen LogP contribution in [0.2, 0.25) is 5.02 Å². The van der Waals surface area contributed by atoms with E-state index in [1.807, 2.05) is 36.4 Å². The number of hydrogen-bond acceptors (Lipinski definition) is 5. The Kier molecular flexibility index (Phi) is 5.84. The SMILES string of the molecule is COc1ccccc1OCc1nc(-c2ccc(Cl)cc2)no1.Cl. The van der Waals surface area contributed by atoms with E-state index in [4.69, 9.17) is 25.6 Å². The number of rotatable bonds is 5. The highest BCUT2D eigenvalue weighted by atomic mass is 35.5. The summed E-state index contributed by atoms with van der Waals surface area (Å²) in [5, 5.41) is 4.59. The first kappa shape index (κ1) is 17.1. The van der Waals surface area contributed by atoms with Crippen LogP contribution in [-0.4, -0.2) is 17.3 Å². The maximum Gasteiger partial charge on any atom is 0.264 e. The van der Waals surface area contributed by atoms with Crippen LogP contribution in [0.1, 0.15) is 5.89 Å². The number of benzene rings is 2. The van der Waals surface area contributed by atoms with Crippen LogP contribution in [0.25, 0.3) is 11.4 Å². The highest BCUT2D eigenvalue weighted by Gasteiger charge is 2.10. The molecule has 5 nitrogen and oxygen atoms in total. The minimum atomic E-state index is 0.